The van der Waals surface area contributed by atoms with Crippen molar-refractivity contribution in [3.05, 3.63) is 58.2 Å². The fraction of sp³-hybridized carbons (Fsp3) is 0.717. The third-order valence-corrected chi connectivity index (χ3v) is 11.3. The van der Waals surface area contributed by atoms with Crippen molar-refractivity contribution < 1.29 is 33.7 Å². The Morgan fingerprint density at radius 3 is 1.60 bits per heavy atom. The average molecular weight is 837 g/mol. The zero-order chi connectivity index (χ0) is 44.1. The summed E-state index contributed by atoms with van der Waals surface area (Å²) in [6, 6.07) is 1.67. The van der Waals surface area contributed by atoms with Crippen LogP contribution in [0.15, 0.2) is 41.5 Å². The van der Waals surface area contributed by atoms with Crippen LogP contribution >= 0.6 is 0 Å². The van der Waals surface area contributed by atoms with E-state index in [0.717, 1.165) is 56.1 Å². The highest BCUT2D eigenvalue weighted by Gasteiger charge is 2.19. The number of allylic oxidation sites excluding steroid dienone is 4. The number of carbonyl (C=O) groups is 3. The van der Waals surface area contributed by atoms with Gasteiger partial charge in [0.05, 0.1) is 12.7 Å². The van der Waals surface area contributed by atoms with Crippen LogP contribution in [0.2, 0.25) is 0 Å². The van der Waals surface area contributed by atoms with E-state index in [1.165, 1.54) is 129 Å². The van der Waals surface area contributed by atoms with Crippen molar-refractivity contribution in [3.8, 4) is 11.5 Å². The van der Waals surface area contributed by atoms with E-state index in [4.69, 9.17) is 14.2 Å². The maximum Gasteiger partial charge on any atom is 0.306 e. The lowest BCUT2D eigenvalue weighted by molar-refractivity contribution is -0.147. The first-order valence-electron chi connectivity index (χ1n) is 24.3. The molecule has 0 aliphatic rings. The van der Waals surface area contributed by atoms with Gasteiger partial charge in [0.1, 0.15) is 24.2 Å². The minimum absolute atomic E-state index is 0.0950. The average Bonchev–Trinajstić information content (AvgIpc) is 3.22. The van der Waals surface area contributed by atoms with Gasteiger partial charge in [0.15, 0.2) is 6.29 Å². The number of hydrogen-bond acceptors (Lipinski definition) is 7. The Balaban J connectivity index is 2.50. The van der Waals surface area contributed by atoms with Crippen LogP contribution in [0.25, 0.3) is 0 Å². The standard InChI is InChI=1S/C53H88O7/c1-7-9-11-13-15-17-19-21-22-24-26-28-30-32-34-36-52(56)60-47(39-44(3)4)40-45(5)37-38-48-50(58-6)41-46(49(42-54)53(48)57)43-59-51(55)35-33-31-29-27-25-23-20-18-16-14-12-10-8-2/h21-22,37,39,41-42,47,57H,7-20,23-36,38,40,43H2,1-6H3. The molecule has 0 aliphatic heterocycles. The largest absolute Gasteiger partial charge is 0.507 e. The van der Waals surface area contributed by atoms with Gasteiger partial charge in [0.2, 0.25) is 0 Å². The van der Waals surface area contributed by atoms with Crippen LogP contribution in [0.4, 0.5) is 0 Å². The number of methoxy groups -OCH3 is 1. The number of aldehydes is 1. The number of benzene rings is 1. The Morgan fingerprint density at radius 2 is 1.13 bits per heavy atom. The molecule has 0 saturated carbocycles. The van der Waals surface area contributed by atoms with E-state index in [2.05, 4.69) is 26.0 Å². The second-order valence-electron chi connectivity index (χ2n) is 17.3. The molecular weight excluding hydrogens is 749 g/mol. The molecule has 1 unspecified atom stereocenters. The molecule has 0 radical (unpaired) electrons. The van der Waals surface area contributed by atoms with Crippen molar-refractivity contribution in [1.29, 1.82) is 0 Å². The minimum Gasteiger partial charge on any atom is -0.507 e. The fourth-order valence-corrected chi connectivity index (χ4v) is 7.65. The molecule has 1 rings (SSSR count). The van der Waals surface area contributed by atoms with Gasteiger partial charge in [-0.2, -0.15) is 0 Å². The molecule has 0 aromatic heterocycles. The van der Waals surface area contributed by atoms with E-state index in [1.54, 1.807) is 6.07 Å². The lowest BCUT2D eigenvalue weighted by Crippen LogP contribution is -2.17. The molecule has 1 aromatic carbocycles. The molecule has 0 amide bonds. The normalized spacial score (nSPS) is 12.1. The maximum absolute atomic E-state index is 12.8. The first kappa shape index (κ1) is 54.7. The topological polar surface area (TPSA) is 99.1 Å². The number of esters is 2. The van der Waals surface area contributed by atoms with Gasteiger partial charge in [0.25, 0.3) is 0 Å². The molecule has 60 heavy (non-hydrogen) atoms. The number of carbonyl (C=O) groups excluding carboxylic acids is 3. The van der Waals surface area contributed by atoms with Gasteiger partial charge in [-0.3, -0.25) is 14.4 Å². The van der Waals surface area contributed by atoms with E-state index >= 15 is 0 Å². The van der Waals surface area contributed by atoms with E-state index in [1.807, 2.05) is 32.9 Å². The molecule has 1 atom stereocenters. The van der Waals surface area contributed by atoms with Crippen LogP contribution in [-0.4, -0.2) is 36.5 Å². The second-order valence-corrected chi connectivity index (χ2v) is 17.3. The van der Waals surface area contributed by atoms with Crippen LogP contribution in [0.1, 0.15) is 242 Å². The molecule has 0 saturated heterocycles. The Labute approximate surface area is 367 Å². The van der Waals surface area contributed by atoms with Crippen LogP contribution in [0.5, 0.6) is 11.5 Å². The maximum atomic E-state index is 12.8. The Morgan fingerprint density at radius 1 is 0.667 bits per heavy atom. The predicted molar refractivity (Wildman–Crippen MR) is 251 cm³/mol. The van der Waals surface area contributed by atoms with Crippen molar-refractivity contribution in [2.45, 2.75) is 240 Å². The summed E-state index contributed by atoms with van der Waals surface area (Å²) in [6.07, 6.45) is 42.3. The van der Waals surface area contributed by atoms with Crippen molar-refractivity contribution in [2.75, 3.05) is 7.11 Å². The van der Waals surface area contributed by atoms with E-state index < -0.39 is 0 Å². The summed E-state index contributed by atoms with van der Waals surface area (Å²) < 4.78 is 17.1. The van der Waals surface area contributed by atoms with Gasteiger partial charge < -0.3 is 19.3 Å². The Kier molecular flexibility index (Phi) is 34.1. The Hall–Kier alpha value is -3.35. The van der Waals surface area contributed by atoms with Gasteiger partial charge in [0, 0.05) is 30.4 Å². The predicted octanol–water partition coefficient (Wildman–Crippen LogP) is 15.5. The number of unbranched alkanes of at least 4 members (excludes halogenated alkanes) is 23. The summed E-state index contributed by atoms with van der Waals surface area (Å²) in [7, 11) is 1.51. The summed E-state index contributed by atoms with van der Waals surface area (Å²) in [6.45, 7) is 10.4. The molecule has 1 N–H and O–H groups in total. The first-order valence-corrected chi connectivity index (χ1v) is 24.3. The smallest absolute Gasteiger partial charge is 0.306 e. The molecule has 0 fully saturated rings. The fourth-order valence-electron chi connectivity index (χ4n) is 7.65. The number of phenolic OH excluding ortho intramolecular Hbond substituents is 1. The molecule has 7 heteroatoms. The highest BCUT2D eigenvalue weighted by molar-refractivity contribution is 5.84. The van der Waals surface area contributed by atoms with Crippen LogP contribution in [-0.2, 0) is 32.1 Å². The minimum atomic E-state index is -0.389. The molecule has 7 nitrogen and oxygen atoms in total. The summed E-state index contributed by atoms with van der Waals surface area (Å²) in [4.78, 5) is 37.5. The van der Waals surface area contributed by atoms with Crippen molar-refractivity contribution in [2.24, 2.45) is 0 Å². The zero-order valence-corrected chi connectivity index (χ0v) is 39.4. The van der Waals surface area contributed by atoms with E-state index in [-0.39, 0.29) is 36.0 Å². The van der Waals surface area contributed by atoms with Crippen LogP contribution in [0, 0.1) is 0 Å². The molecule has 342 valence electrons. The summed E-state index contributed by atoms with van der Waals surface area (Å²) in [5.41, 5.74) is 3.02. The first-order chi connectivity index (χ1) is 29.2. The molecule has 0 heterocycles. The van der Waals surface area contributed by atoms with E-state index in [0.29, 0.717) is 48.8 Å². The molecule has 0 spiro atoms. The van der Waals surface area contributed by atoms with Crippen LogP contribution in [0.3, 0.4) is 0 Å². The highest BCUT2D eigenvalue weighted by atomic mass is 16.5. The van der Waals surface area contributed by atoms with Crippen molar-refractivity contribution in [1.82, 2.24) is 0 Å². The van der Waals surface area contributed by atoms with Gasteiger partial charge in [-0.05, 0) is 77.9 Å². The number of hydrogen-bond donors (Lipinski definition) is 1. The third kappa shape index (κ3) is 28.2. The number of phenols is 1. The molecule has 1 aromatic rings. The van der Waals surface area contributed by atoms with Gasteiger partial charge >= 0.3 is 11.9 Å². The lowest BCUT2D eigenvalue weighted by atomic mass is 9.98. The Bertz CT molecular complexity index is 1370. The summed E-state index contributed by atoms with van der Waals surface area (Å²) in [5, 5.41) is 11.2. The molecular formula is C53H88O7. The molecule has 0 bridgehead atoms. The summed E-state index contributed by atoms with van der Waals surface area (Å²) in [5.74, 6) is -0.256. The van der Waals surface area contributed by atoms with Crippen molar-refractivity contribution in [3.63, 3.8) is 0 Å². The zero-order valence-electron chi connectivity index (χ0n) is 39.4. The number of ether oxygens (including phenoxy) is 3. The second kappa shape index (κ2) is 37.4. The van der Waals surface area contributed by atoms with Gasteiger partial charge in [-0.1, -0.05) is 172 Å². The van der Waals surface area contributed by atoms with E-state index in [9.17, 15) is 19.5 Å². The van der Waals surface area contributed by atoms with Gasteiger partial charge in [-0.25, -0.2) is 0 Å². The van der Waals surface area contributed by atoms with Gasteiger partial charge in [-0.15, -0.1) is 0 Å². The van der Waals surface area contributed by atoms with Crippen LogP contribution < -0.4 is 4.74 Å². The number of rotatable bonds is 39. The lowest BCUT2D eigenvalue weighted by Gasteiger charge is -2.17. The monoisotopic (exact) mass is 837 g/mol. The SMILES string of the molecule is CCCCCCCCC=CCCCCCCCC(=O)OC(C=C(C)C)CC(C)=CCc1c(OC)cc(COC(=O)CCCCCCCCCCCCCCC)c(C=O)c1O. The molecule has 0 aliphatic carbocycles. The van der Waals surface area contributed by atoms with Crippen molar-refractivity contribution >= 4 is 18.2 Å². The number of aromatic hydroxyl groups is 1. The highest BCUT2D eigenvalue weighted by Crippen LogP contribution is 2.35. The third-order valence-electron chi connectivity index (χ3n) is 11.3. The summed E-state index contributed by atoms with van der Waals surface area (Å²) >= 11 is 0. The quantitative estimate of drug-likeness (QED) is 0.0305.